The van der Waals surface area contributed by atoms with Gasteiger partial charge >= 0.3 is 0 Å². The number of hydrogen-bond acceptors (Lipinski definition) is 3. The van der Waals surface area contributed by atoms with Crippen LogP contribution in [0.5, 0.6) is 5.75 Å². The molecule has 0 saturated heterocycles. The van der Waals surface area contributed by atoms with Crippen molar-refractivity contribution in [3.8, 4) is 5.75 Å². The van der Waals surface area contributed by atoms with E-state index in [-0.39, 0.29) is 0 Å². The molecule has 0 amide bonds. The quantitative estimate of drug-likeness (QED) is 0.795. The van der Waals surface area contributed by atoms with E-state index in [4.69, 9.17) is 4.74 Å². The van der Waals surface area contributed by atoms with Gasteiger partial charge in [0.1, 0.15) is 5.75 Å². The molecule has 1 aromatic carbocycles. The molecule has 0 saturated carbocycles. The topological polar surface area (TPSA) is 21.3 Å². The van der Waals surface area contributed by atoms with E-state index in [1.54, 1.807) is 7.11 Å². The first-order valence-electron chi connectivity index (χ1n) is 7.21. The third-order valence-corrected chi connectivity index (χ3v) is 4.27. The van der Waals surface area contributed by atoms with Crippen molar-refractivity contribution in [2.45, 2.75) is 32.2 Å². The van der Waals surface area contributed by atoms with Gasteiger partial charge in [-0.25, -0.2) is 0 Å². The molecule has 2 rings (SSSR count). The van der Waals surface area contributed by atoms with E-state index in [1.165, 1.54) is 10.4 Å². The summed E-state index contributed by atoms with van der Waals surface area (Å²) in [6.07, 6.45) is 3.24. The molecule has 0 radical (unpaired) electrons. The second-order valence-electron chi connectivity index (χ2n) is 4.95. The van der Waals surface area contributed by atoms with Crippen LogP contribution in [-0.4, -0.2) is 19.7 Å². The summed E-state index contributed by atoms with van der Waals surface area (Å²) in [5, 5.41) is 5.81. The summed E-state index contributed by atoms with van der Waals surface area (Å²) < 4.78 is 5.46. The third kappa shape index (κ3) is 4.36. The van der Waals surface area contributed by atoms with Crippen LogP contribution in [0.4, 0.5) is 0 Å². The van der Waals surface area contributed by atoms with Crippen LogP contribution in [0, 0.1) is 0 Å². The summed E-state index contributed by atoms with van der Waals surface area (Å²) in [5.41, 5.74) is 1.28. The Hall–Kier alpha value is -1.32. The lowest BCUT2D eigenvalue weighted by Crippen LogP contribution is -2.33. The Balaban J connectivity index is 2.06. The van der Waals surface area contributed by atoms with Crippen molar-refractivity contribution in [2.75, 3.05) is 13.7 Å². The molecule has 2 nitrogen and oxygen atoms in total. The van der Waals surface area contributed by atoms with Gasteiger partial charge in [-0.2, -0.15) is 0 Å². The monoisotopic (exact) mass is 289 g/mol. The molecule has 3 heteroatoms. The second kappa shape index (κ2) is 8.08. The number of nitrogens with one attached hydrogen (secondary N) is 1. The zero-order chi connectivity index (χ0) is 14.2. The number of rotatable bonds is 8. The average Bonchev–Trinajstić information content (AvgIpc) is 2.98. The predicted octanol–water partition coefficient (Wildman–Crippen LogP) is 3.91. The van der Waals surface area contributed by atoms with Crippen molar-refractivity contribution in [1.29, 1.82) is 0 Å². The van der Waals surface area contributed by atoms with Crippen LogP contribution in [0.3, 0.4) is 0 Å². The Bertz CT molecular complexity index is 495. The summed E-state index contributed by atoms with van der Waals surface area (Å²) in [6, 6.07) is 13.1. The van der Waals surface area contributed by atoms with E-state index >= 15 is 0 Å². The van der Waals surface area contributed by atoms with Crippen molar-refractivity contribution in [3.63, 3.8) is 0 Å². The number of benzene rings is 1. The van der Waals surface area contributed by atoms with Gasteiger partial charge in [0.25, 0.3) is 0 Å². The fourth-order valence-corrected chi connectivity index (χ4v) is 3.16. The van der Waals surface area contributed by atoms with Crippen molar-refractivity contribution in [3.05, 3.63) is 52.2 Å². The van der Waals surface area contributed by atoms with Gasteiger partial charge < -0.3 is 10.1 Å². The highest BCUT2D eigenvalue weighted by atomic mass is 32.1. The van der Waals surface area contributed by atoms with Crippen LogP contribution in [0.2, 0.25) is 0 Å². The van der Waals surface area contributed by atoms with Crippen LogP contribution in [0.15, 0.2) is 41.8 Å². The minimum absolute atomic E-state index is 0.463. The maximum Gasteiger partial charge on any atom is 0.122 e. The Morgan fingerprint density at radius 2 is 2.00 bits per heavy atom. The number of methoxy groups -OCH3 is 1. The standard InChI is InChI=1S/C17H23NOS/c1-3-10-18-15(13-16-8-6-11-20-16)12-14-7-4-5-9-17(14)19-2/h4-9,11,15,18H,3,10,12-13H2,1-2H3. The van der Waals surface area contributed by atoms with E-state index in [1.807, 2.05) is 23.5 Å². The molecule has 0 aliphatic heterocycles. The first kappa shape index (κ1) is 15.1. The van der Waals surface area contributed by atoms with E-state index in [0.717, 1.165) is 31.6 Å². The SMILES string of the molecule is CCCNC(Cc1cccs1)Cc1ccccc1OC. The lowest BCUT2D eigenvalue weighted by molar-refractivity contribution is 0.404. The summed E-state index contributed by atoms with van der Waals surface area (Å²) >= 11 is 1.83. The molecule has 1 atom stereocenters. The predicted molar refractivity (Wildman–Crippen MR) is 86.8 cm³/mol. The first-order valence-corrected chi connectivity index (χ1v) is 8.09. The molecule has 0 spiro atoms. The van der Waals surface area contributed by atoms with Gasteiger partial charge in [-0.1, -0.05) is 31.2 Å². The van der Waals surface area contributed by atoms with Gasteiger partial charge in [0.2, 0.25) is 0 Å². The molecule has 0 fully saturated rings. The number of thiophene rings is 1. The number of para-hydroxylation sites is 1. The summed E-state index contributed by atoms with van der Waals surface area (Å²) in [7, 11) is 1.74. The molecule has 0 bridgehead atoms. The maximum absolute atomic E-state index is 5.46. The van der Waals surface area contributed by atoms with E-state index in [9.17, 15) is 0 Å². The van der Waals surface area contributed by atoms with E-state index < -0.39 is 0 Å². The Kier molecular flexibility index (Phi) is 6.09. The molecule has 108 valence electrons. The van der Waals surface area contributed by atoms with Crippen LogP contribution in [0.25, 0.3) is 0 Å². The molecule has 2 aromatic rings. The smallest absolute Gasteiger partial charge is 0.122 e. The Morgan fingerprint density at radius 3 is 2.70 bits per heavy atom. The highest BCUT2D eigenvalue weighted by molar-refractivity contribution is 7.09. The van der Waals surface area contributed by atoms with Gasteiger partial charge in [-0.3, -0.25) is 0 Å². The molecule has 1 unspecified atom stereocenters. The molecule has 1 heterocycles. The second-order valence-corrected chi connectivity index (χ2v) is 5.98. The minimum Gasteiger partial charge on any atom is -0.496 e. The molecule has 1 N–H and O–H groups in total. The van der Waals surface area contributed by atoms with Gasteiger partial charge in [-0.05, 0) is 48.9 Å². The van der Waals surface area contributed by atoms with Gasteiger partial charge in [0.05, 0.1) is 7.11 Å². The average molecular weight is 289 g/mol. The van der Waals surface area contributed by atoms with Crippen molar-refractivity contribution < 1.29 is 4.74 Å². The zero-order valence-corrected chi connectivity index (χ0v) is 13.1. The molecule has 20 heavy (non-hydrogen) atoms. The molecular formula is C17H23NOS. The van der Waals surface area contributed by atoms with Gasteiger partial charge in [0.15, 0.2) is 0 Å². The zero-order valence-electron chi connectivity index (χ0n) is 12.3. The van der Waals surface area contributed by atoms with Crippen LogP contribution >= 0.6 is 11.3 Å². The molecule has 1 aromatic heterocycles. The number of hydrogen-bond donors (Lipinski definition) is 1. The lowest BCUT2D eigenvalue weighted by atomic mass is 10.0. The van der Waals surface area contributed by atoms with Crippen molar-refractivity contribution >= 4 is 11.3 Å². The third-order valence-electron chi connectivity index (χ3n) is 3.37. The summed E-state index contributed by atoms with van der Waals surface area (Å²) in [4.78, 5) is 1.44. The fraction of sp³-hybridized carbons (Fsp3) is 0.412. The fourth-order valence-electron chi connectivity index (χ4n) is 2.37. The summed E-state index contributed by atoms with van der Waals surface area (Å²) in [6.45, 7) is 3.27. The van der Waals surface area contributed by atoms with E-state index in [0.29, 0.717) is 6.04 Å². The summed E-state index contributed by atoms with van der Waals surface area (Å²) in [5.74, 6) is 0.988. The van der Waals surface area contributed by atoms with Crippen LogP contribution < -0.4 is 10.1 Å². The normalized spacial score (nSPS) is 12.3. The number of ether oxygens (including phenoxy) is 1. The molecule has 0 aliphatic rings. The maximum atomic E-state index is 5.46. The van der Waals surface area contributed by atoms with Crippen LogP contribution in [0.1, 0.15) is 23.8 Å². The largest absolute Gasteiger partial charge is 0.496 e. The molecule has 0 aliphatic carbocycles. The highest BCUT2D eigenvalue weighted by Crippen LogP contribution is 2.21. The Labute approximate surface area is 125 Å². The molecular weight excluding hydrogens is 266 g/mol. The highest BCUT2D eigenvalue weighted by Gasteiger charge is 2.13. The lowest BCUT2D eigenvalue weighted by Gasteiger charge is -2.19. The van der Waals surface area contributed by atoms with Gasteiger partial charge in [0, 0.05) is 10.9 Å². The van der Waals surface area contributed by atoms with Crippen molar-refractivity contribution in [2.24, 2.45) is 0 Å². The minimum atomic E-state index is 0.463. The van der Waals surface area contributed by atoms with Crippen LogP contribution in [-0.2, 0) is 12.8 Å². The van der Waals surface area contributed by atoms with E-state index in [2.05, 4.69) is 41.9 Å². The van der Waals surface area contributed by atoms with Crippen molar-refractivity contribution in [1.82, 2.24) is 5.32 Å². The Morgan fingerprint density at radius 1 is 1.15 bits per heavy atom. The van der Waals surface area contributed by atoms with Gasteiger partial charge in [-0.15, -0.1) is 11.3 Å². The first-order chi connectivity index (χ1) is 9.83.